The first-order chi connectivity index (χ1) is 20.4. The van der Waals surface area contributed by atoms with Crippen molar-refractivity contribution in [2.45, 2.75) is 59.2 Å². The molecule has 1 unspecified atom stereocenters. The molecule has 0 spiro atoms. The maximum atomic E-state index is 13.9. The molecule has 1 fully saturated rings. The molecule has 0 aliphatic carbocycles. The molecule has 1 aliphatic heterocycles. The van der Waals surface area contributed by atoms with Crippen LogP contribution in [0.2, 0.25) is 0 Å². The Labute approximate surface area is 255 Å². The second kappa shape index (κ2) is 15.6. The first kappa shape index (κ1) is 33.7. The molecule has 0 saturated carbocycles. The normalized spacial score (nSPS) is 16.6. The highest BCUT2D eigenvalue weighted by atomic mass is 16.6. The SMILES string of the molecule is COCCCOc1cc(C(=O)N(C[C@@H]2CN(C(=O)OC(C)(C)C)CC2C(=O)NCc2ccccc2)C(C)C)ccc1OC. The highest BCUT2D eigenvalue weighted by molar-refractivity contribution is 5.95. The average Bonchev–Trinajstić information content (AvgIpc) is 3.40. The number of nitrogens with zero attached hydrogens (tertiary/aromatic N) is 2. The summed E-state index contributed by atoms with van der Waals surface area (Å²) in [4.78, 5) is 43.7. The lowest BCUT2D eigenvalue weighted by atomic mass is 9.93. The number of carbonyl (C=O) groups is 3. The van der Waals surface area contributed by atoms with Gasteiger partial charge in [-0.25, -0.2) is 4.79 Å². The van der Waals surface area contributed by atoms with Crippen molar-refractivity contribution in [3.8, 4) is 11.5 Å². The molecule has 10 nitrogen and oxygen atoms in total. The van der Waals surface area contributed by atoms with Crippen molar-refractivity contribution >= 4 is 17.9 Å². The van der Waals surface area contributed by atoms with Crippen LogP contribution in [-0.2, 0) is 20.8 Å². The number of hydrogen-bond donors (Lipinski definition) is 1. The number of hydrogen-bond acceptors (Lipinski definition) is 7. The van der Waals surface area contributed by atoms with E-state index in [4.69, 9.17) is 18.9 Å². The molecule has 3 amide bonds. The minimum Gasteiger partial charge on any atom is -0.493 e. The fourth-order valence-corrected chi connectivity index (χ4v) is 5.00. The molecule has 1 aliphatic rings. The number of likely N-dealkylation sites (tertiary alicyclic amines) is 1. The number of methoxy groups -OCH3 is 2. The van der Waals surface area contributed by atoms with Crippen LogP contribution in [0.1, 0.15) is 57.0 Å². The topological polar surface area (TPSA) is 107 Å². The van der Waals surface area contributed by atoms with Gasteiger partial charge < -0.3 is 34.1 Å². The van der Waals surface area contributed by atoms with Crippen LogP contribution in [0.15, 0.2) is 48.5 Å². The molecule has 2 atom stereocenters. The van der Waals surface area contributed by atoms with E-state index in [2.05, 4.69) is 5.32 Å². The maximum absolute atomic E-state index is 13.9. The van der Waals surface area contributed by atoms with Gasteiger partial charge in [0.05, 0.1) is 19.6 Å². The number of nitrogens with one attached hydrogen (secondary N) is 1. The molecular formula is C33H47N3O7. The Balaban J connectivity index is 1.81. The van der Waals surface area contributed by atoms with Crippen molar-refractivity contribution in [1.29, 1.82) is 0 Å². The summed E-state index contributed by atoms with van der Waals surface area (Å²) in [6, 6.07) is 14.6. The van der Waals surface area contributed by atoms with E-state index in [-0.39, 0.29) is 36.9 Å². The van der Waals surface area contributed by atoms with Gasteiger partial charge in [0.15, 0.2) is 11.5 Å². The molecular weight excluding hydrogens is 550 g/mol. The molecule has 1 heterocycles. The first-order valence-corrected chi connectivity index (χ1v) is 14.8. The van der Waals surface area contributed by atoms with Gasteiger partial charge in [0.25, 0.3) is 5.91 Å². The van der Waals surface area contributed by atoms with Crippen molar-refractivity contribution in [3.05, 3.63) is 59.7 Å². The van der Waals surface area contributed by atoms with Gasteiger partial charge in [-0.2, -0.15) is 0 Å². The third-order valence-electron chi connectivity index (χ3n) is 7.22. The van der Waals surface area contributed by atoms with Crippen molar-refractivity contribution < 1.29 is 33.3 Å². The van der Waals surface area contributed by atoms with E-state index in [1.54, 1.807) is 42.2 Å². The van der Waals surface area contributed by atoms with Crippen molar-refractivity contribution in [1.82, 2.24) is 15.1 Å². The van der Waals surface area contributed by atoms with Gasteiger partial charge in [-0.05, 0) is 58.4 Å². The third-order valence-corrected chi connectivity index (χ3v) is 7.22. The average molecular weight is 598 g/mol. The second-order valence-corrected chi connectivity index (χ2v) is 12.1. The number of ether oxygens (including phenoxy) is 4. The first-order valence-electron chi connectivity index (χ1n) is 14.8. The van der Waals surface area contributed by atoms with Gasteiger partial charge in [-0.3, -0.25) is 9.59 Å². The number of amides is 3. The fraction of sp³-hybridized carbons (Fsp3) is 0.545. The second-order valence-electron chi connectivity index (χ2n) is 12.1. The molecule has 1 N–H and O–H groups in total. The summed E-state index contributed by atoms with van der Waals surface area (Å²) in [5, 5.41) is 3.03. The van der Waals surface area contributed by atoms with E-state index >= 15 is 0 Å². The molecule has 0 aromatic heterocycles. The lowest BCUT2D eigenvalue weighted by Gasteiger charge is -2.31. The lowest BCUT2D eigenvalue weighted by molar-refractivity contribution is -0.126. The molecule has 43 heavy (non-hydrogen) atoms. The largest absolute Gasteiger partial charge is 0.493 e. The van der Waals surface area contributed by atoms with Crippen LogP contribution < -0.4 is 14.8 Å². The zero-order chi connectivity index (χ0) is 31.6. The van der Waals surface area contributed by atoms with E-state index in [1.807, 2.05) is 65.0 Å². The molecule has 2 aromatic carbocycles. The molecule has 2 aromatic rings. The number of rotatable bonds is 13. The lowest BCUT2D eigenvalue weighted by Crippen LogP contribution is -2.44. The molecule has 1 saturated heterocycles. The molecule has 10 heteroatoms. The Morgan fingerprint density at radius 3 is 2.35 bits per heavy atom. The van der Waals surface area contributed by atoms with Gasteiger partial charge in [0.2, 0.25) is 5.91 Å². The number of benzene rings is 2. The Morgan fingerprint density at radius 2 is 1.72 bits per heavy atom. The van der Waals surface area contributed by atoms with Crippen molar-refractivity contribution in [2.24, 2.45) is 11.8 Å². The van der Waals surface area contributed by atoms with Crippen LogP contribution >= 0.6 is 0 Å². The summed E-state index contributed by atoms with van der Waals surface area (Å²) in [5.74, 6) is -0.156. The zero-order valence-corrected chi connectivity index (χ0v) is 26.6. The van der Waals surface area contributed by atoms with Crippen molar-refractivity contribution in [3.63, 3.8) is 0 Å². The van der Waals surface area contributed by atoms with Gasteiger partial charge in [0.1, 0.15) is 5.60 Å². The summed E-state index contributed by atoms with van der Waals surface area (Å²) in [7, 11) is 3.19. The van der Waals surface area contributed by atoms with E-state index in [1.165, 1.54) is 0 Å². The molecule has 3 rings (SSSR count). The summed E-state index contributed by atoms with van der Waals surface area (Å²) >= 11 is 0. The van der Waals surface area contributed by atoms with Crippen molar-refractivity contribution in [2.75, 3.05) is 47.1 Å². The summed E-state index contributed by atoms with van der Waals surface area (Å²) in [5.41, 5.74) is 0.758. The van der Waals surface area contributed by atoms with E-state index < -0.39 is 17.6 Å². The minimum absolute atomic E-state index is 0.160. The Morgan fingerprint density at radius 1 is 1.00 bits per heavy atom. The van der Waals surface area contributed by atoms with E-state index in [0.29, 0.717) is 49.8 Å². The predicted octanol–water partition coefficient (Wildman–Crippen LogP) is 4.76. The summed E-state index contributed by atoms with van der Waals surface area (Å²) in [6.45, 7) is 11.5. The van der Waals surface area contributed by atoms with Gasteiger partial charge in [-0.15, -0.1) is 0 Å². The van der Waals surface area contributed by atoms with E-state index in [0.717, 1.165) is 5.56 Å². The van der Waals surface area contributed by atoms with Crippen LogP contribution in [0.25, 0.3) is 0 Å². The standard InChI is InChI=1S/C33H47N3O7/c1-23(2)36(31(38)25-14-15-28(41-7)29(18-25)42-17-11-16-40-6)21-26-20-35(32(39)43-33(3,4)5)22-27(26)30(37)34-19-24-12-9-8-10-13-24/h8-10,12-15,18,23,26-27H,11,16-17,19-22H2,1-7H3,(H,34,37)/t26-,27?/m0/s1. The number of carbonyl (C=O) groups excluding carboxylic acids is 3. The van der Waals surface area contributed by atoms with Crippen LogP contribution in [0.5, 0.6) is 11.5 Å². The quantitative estimate of drug-likeness (QED) is 0.332. The monoisotopic (exact) mass is 597 g/mol. The minimum atomic E-state index is -0.669. The molecule has 236 valence electrons. The van der Waals surface area contributed by atoms with Gasteiger partial charge >= 0.3 is 6.09 Å². The van der Waals surface area contributed by atoms with Crippen LogP contribution in [0.4, 0.5) is 4.79 Å². The zero-order valence-electron chi connectivity index (χ0n) is 26.6. The van der Waals surface area contributed by atoms with E-state index in [9.17, 15) is 14.4 Å². The highest BCUT2D eigenvalue weighted by Gasteiger charge is 2.42. The fourth-order valence-electron chi connectivity index (χ4n) is 5.00. The predicted molar refractivity (Wildman–Crippen MR) is 164 cm³/mol. The van der Waals surface area contributed by atoms with Crippen LogP contribution in [-0.4, -0.2) is 86.4 Å². The molecule has 0 bridgehead atoms. The highest BCUT2D eigenvalue weighted by Crippen LogP contribution is 2.31. The maximum Gasteiger partial charge on any atom is 0.410 e. The van der Waals surface area contributed by atoms with Crippen LogP contribution in [0.3, 0.4) is 0 Å². The summed E-state index contributed by atoms with van der Waals surface area (Å²) in [6.07, 6.45) is 0.225. The Bertz CT molecular complexity index is 1210. The Kier molecular flexibility index (Phi) is 12.2. The van der Waals surface area contributed by atoms with Gasteiger partial charge in [0, 0.05) is 63.8 Å². The Hall–Kier alpha value is -3.79. The summed E-state index contributed by atoms with van der Waals surface area (Å²) < 4.78 is 22.1. The van der Waals surface area contributed by atoms with Crippen LogP contribution in [0, 0.1) is 11.8 Å². The van der Waals surface area contributed by atoms with Gasteiger partial charge in [-0.1, -0.05) is 30.3 Å². The third kappa shape index (κ3) is 9.88. The molecule has 0 radical (unpaired) electrons. The smallest absolute Gasteiger partial charge is 0.410 e.